The molecule has 0 aliphatic heterocycles. The molecule has 0 N–H and O–H groups in total. The van der Waals surface area contributed by atoms with Gasteiger partial charge in [-0.05, 0) is 39.2 Å². The third-order valence-electron chi connectivity index (χ3n) is 1.89. The Bertz CT molecular complexity index is 291. The van der Waals surface area contributed by atoms with E-state index in [1.54, 1.807) is 6.20 Å². The van der Waals surface area contributed by atoms with Gasteiger partial charge < -0.3 is 4.90 Å². The molecule has 1 aromatic rings. The van der Waals surface area contributed by atoms with Crippen LogP contribution in [0.3, 0.4) is 0 Å². The van der Waals surface area contributed by atoms with Crippen LogP contribution in [0.1, 0.15) is 17.5 Å². The van der Waals surface area contributed by atoms with Crippen LogP contribution >= 0.6 is 27.5 Å². The van der Waals surface area contributed by atoms with Crippen molar-refractivity contribution in [3.63, 3.8) is 0 Å². The first kappa shape index (κ1) is 12.0. The molecule has 0 amide bonds. The smallest absolute Gasteiger partial charge is 0.0769 e. The summed E-state index contributed by atoms with van der Waals surface area (Å²) in [4.78, 5) is 6.36. The molecule has 78 valence electrons. The van der Waals surface area contributed by atoms with E-state index in [1.807, 2.05) is 26.2 Å². The normalized spacial score (nSPS) is 13.2. The van der Waals surface area contributed by atoms with Gasteiger partial charge in [-0.2, -0.15) is 0 Å². The molecule has 1 rings (SSSR count). The molecular weight excluding hydrogens is 263 g/mol. The first-order chi connectivity index (χ1) is 6.59. The average Bonchev–Trinajstić information content (AvgIpc) is 2.14. The van der Waals surface area contributed by atoms with Crippen molar-refractivity contribution in [2.45, 2.75) is 11.8 Å². The fraction of sp³-hybridized carbons (Fsp3) is 0.500. The van der Waals surface area contributed by atoms with Crippen LogP contribution in [0.2, 0.25) is 0 Å². The van der Waals surface area contributed by atoms with E-state index in [0.29, 0.717) is 0 Å². The molecule has 0 aliphatic rings. The Morgan fingerprint density at radius 1 is 1.57 bits per heavy atom. The van der Waals surface area contributed by atoms with Gasteiger partial charge in [-0.3, -0.25) is 4.98 Å². The van der Waals surface area contributed by atoms with Gasteiger partial charge >= 0.3 is 0 Å². The topological polar surface area (TPSA) is 16.1 Å². The molecule has 1 unspecified atom stereocenters. The van der Waals surface area contributed by atoms with Gasteiger partial charge in [0.1, 0.15) is 0 Å². The van der Waals surface area contributed by atoms with Crippen LogP contribution in [0.5, 0.6) is 0 Å². The summed E-state index contributed by atoms with van der Waals surface area (Å²) in [7, 11) is 4.08. The van der Waals surface area contributed by atoms with Gasteiger partial charge in [-0.15, -0.1) is 11.6 Å². The highest BCUT2D eigenvalue weighted by atomic mass is 79.9. The third-order valence-corrected chi connectivity index (χ3v) is 2.83. The maximum absolute atomic E-state index is 6.21. The molecule has 0 aromatic carbocycles. The monoisotopic (exact) mass is 276 g/mol. The molecule has 14 heavy (non-hydrogen) atoms. The van der Waals surface area contributed by atoms with Crippen molar-refractivity contribution in [1.82, 2.24) is 9.88 Å². The zero-order valence-electron chi connectivity index (χ0n) is 8.37. The number of halogens is 2. The highest BCUT2D eigenvalue weighted by molar-refractivity contribution is 9.10. The molecule has 0 fully saturated rings. The fourth-order valence-electron chi connectivity index (χ4n) is 1.11. The zero-order valence-corrected chi connectivity index (χ0v) is 10.7. The SMILES string of the molecule is CN(C)CCC(Cl)c1cc(Br)ccn1. The second kappa shape index (κ2) is 5.69. The Morgan fingerprint density at radius 3 is 2.86 bits per heavy atom. The second-order valence-corrected chi connectivity index (χ2v) is 4.90. The third kappa shape index (κ3) is 3.95. The molecule has 4 heteroatoms. The van der Waals surface area contributed by atoms with Crippen molar-refractivity contribution in [3.05, 3.63) is 28.5 Å². The molecule has 0 spiro atoms. The van der Waals surface area contributed by atoms with Gasteiger partial charge in [0.05, 0.1) is 11.1 Å². The summed E-state index contributed by atoms with van der Waals surface area (Å²) < 4.78 is 1.03. The van der Waals surface area contributed by atoms with E-state index in [1.165, 1.54) is 0 Å². The van der Waals surface area contributed by atoms with E-state index in [0.717, 1.165) is 23.1 Å². The number of hydrogen-bond acceptors (Lipinski definition) is 2. The lowest BCUT2D eigenvalue weighted by Crippen LogP contribution is -2.14. The molecule has 0 saturated heterocycles. The van der Waals surface area contributed by atoms with Crippen molar-refractivity contribution >= 4 is 27.5 Å². The van der Waals surface area contributed by atoms with Gasteiger partial charge in [0.25, 0.3) is 0 Å². The predicted molar refractivity (Wildman–Crippen MR) is 63.7 cm³/mol. The Hall–Kier alpha value is -0.120. The fourth-order valence-corrected chi connectivity index (χ4v) is 1.68. The van der Waals surface area contributed by atoms with Crippen LogP contribution in [0.4, 0.5) is 0 Å². The van der Waals surface area contributed by atoms with E-state index in [9.17, 15) is 0 Å². The Kier molecular flexibility index (Phi) is 4.85. The van der Waals surface area contributed by atoms with Crippen molar-refractivity contribution in [3.8, 4) is 0 Å². The highest BCUT2D eigenvalue weighted by Gasteiger charge is 2.09. The lowest BCUT2D eigenvalue weighted by molar-refractivity contribution is 0.397. The van der Waals surface area contributed by atoms with Gasteiger partial charge in [-0.1, -0.05) is 15.9 Å². The molecule has 2 nitrogen and oxygen atoms in total. The van der Waals surface area contributed by atoms with Gasteiger partial charge in [-0.25, -0.2) is 0 Å². The van der Waals surface area contributed by atoms with E-state index in [-0.39, 0.29) is 5.38 Å². The maximum Gasteiger partial charge on any atom is 0.0769 e. The predicted octanol–water partition coefficient (Wildman–Crippen LogP) is 3.08. The minimum absolute atomic E-state index is 0.00472. The Labute approximate surface area is 98.4 Å². The molecule has 0 saturated carbocycles. The van der Waals surface area contributed by atoms with Crippen molar-refractivity contribution in [1.29, 1.82) is 0 Å². The van der Waals surface area contributed by atoms with E-state index < -0.39 is 0 Å². The van der Waals surface area contributed by atoms with Gasteiger partial charge in [0.15, 0.2) is 0 Å². The quantitative estimate of drug-likeness (QED) is 0.786. The van der Waals surface area contributed by atoms with Crippen molar-refractivity contribution in [2.75, 3.05) is 20.6 Å². The van der Waals surface area contributed by atoms with Crippen LogP contribution in [-0.2, 0) is 0 Å². The summed E-state index contributed by atoms with van der Waals surface area (Å²) in [5.41, 5.74) is 0.933. The summed E-state index contributed by atoms with van der Waals surface area (Å²) in [6.45, 7) is 0.975. The van der Waals surface area contributed by atoms with Crippen molar-refractivity contribution in [2.24, 2.45) is 0 Å². The zero-order chi connectivity index (χ0) is 10.6. The van der Waals surface area contributed by atoms with Crippen LogP contribution in [0.15, 0.2) is 22.8 Å². The van der Waals surface area contributed by atoms with E-state index in [4.69, 9.17) is 11.6 Å². The van der Waals surface area contributed by atoms with E-state index >= 15 is 0 Å². The van der Waals surface area contributed by atoms with Gasteiger partial charge in [0, 0.05) is 10.7 Å². The molecule has 0 aliphatic carbocycles. The minimum Gasteiger partial charge on any atom is -0.309 e. The number of aromatic nitrogens is 1. The van der Waals surface area contributed by atoms with Crippen LogP contribution < -0.4 is 0 Å². The number of hydrogen-bond donors (Lipinski definition) is 0. The number of pyridine rings is 1. The first-order valence-corrected chi connectivity index (χ1v) is 5.73. The largest absolute Gasteiger partial charge is 0.309 e. The van der Waals surface area contributed by atoms with Crippen molar-refractivity contribution < 1.29 is 0 Å². The maximum atomic E-state index is 6.21. The Balaban J connectivity index is 2.56. The summed E-state index contributed by atoms with van der Waals surface area (Å²) in [5.74, 6) is 0. The number of nitrogens with zero attached hydrogens (tertiary/aromatic N) is 2. The molecular formula is C10H14BrClN2. The average molecular weight is 278 g/mol. The molecule has 1 atom stereocenters. The molecule has 1 heterocycles. The van der Waals surface area contributed by atoms with Crippen LogP contribution in [0.25, 0.3) is 0 Å². The lowest BCUT2D eigenvalue weighted by Gasteiger charge is -2.13. The molecule has 0 bridgehead atoms. The number of alkyl halides is 1. The minimum atomic E-state index is -0.00472. The standard InChI is InChI=1S/C10H14BrClN2/c1-14(2)6-4-9(12)10-7-8(11)3-5-13-10/h3,5,7,9H,4,6H2,1-2H3. The summed E-state index contributed by atoms with van der Waals surface area (Å²) in [5, 5.41) is -0.00472. The molecule has 0 radical (unpaired) electrons. The van der Waals surface area contributed by atoms with Crippen LogP contribution in [-0.4, -0.2) is 30.5 Å². The van der Waals surface area contributed by atoms with Crippen LogP contribution in [0, 0.1) is 0 Å². The molecule has 1 aromatic heterocycles. The summed E-state index contributed by atoms with van der Waals surface area (Å²) in [6, 6.07) is 3.87. The summed E-state index contributed by atoms with van der Waals surface area (Å²) in [6.07, 6.45) is 2.68. The highest BCUT2D eigenvalue weighted by Crippen LogP contribution is 2.24. The summed E-state index contributed by atoms with van der Waals surface area (Å²) >= 11 is 9.61. The van der Waals surface area contributed by atoms with E-state index in [2.05, 4.69) is 25.8 Å². The second-order valence-electron chi connectivity index (χ2n) is 3.46. The Morgan fingerprint density at radius 2 is 2.29 bits per heavy atom. The first-order valence-electron chi connectivity index (χ1n) is 4.50. The van der Waals surface area contributed by atoms with Gasteiger partial charge in [0.2, 0.25) is 0 Å². The number of rotatable bonds is 4. The lowest BCUT2D eigenvalue weighted by atomic mass is 10.2.